The third-order valence-corrected chi connectivity index (χ3v) is 3.53. The van der Waals surface area contributed by atoms with Gasteiger partial charge in [-0.3, -0.25) is 10.1 Å². The molecule has 1 aliphatic rings. The second kappa shape index (κ2) is 6.02. The van der Waals surface area contributed by atoms with E-state index in [0.717, 1.165) is 23.8 Å². The van der Waals surface area contributed by atoms with Gasteiger partial charge in [0.25, 0.3) is 0 Å². The molecule has 1 saturated heterocycles. The first-order chi connectivity index (χ1) is 8.29. The molecule has 0 radical (unpaired) electrons. The third-order valence-electron chi connectivity index (χ3n) is 2.37. The number of nitrogens with zero attached hydrogens (tertiary/aromatic N) is 2. The van der Waals surface area contributed by atoms with E-state index in [9.17, 15) is 4.79 Å². The van der Waals surface area contributed by atoms with Gasteiger partial charge in [-0.15, -0.1) is 0 Å². The number of hydrogen-bond acceptors (Lipinski definition) is 6. The van der Waals surface area contributed by atoms with Crippen molar-refractivity contribution in [3.05, 3.63) is 11.7 Å². The highest BCUT2D eigenvalue weighted by atomic mass is 32.2. The SMILES string of the molecule is CCCSCc1noc(C2CNC(=O)CN2)n1. The maximum absolute atomic E-state index is 11.0. The summed E-state index contributed by atoms with van der Waals surface area (Å²) in [4.78, 5) is 15.3. The van der Waals surface area contributed by atoms with E-state index in [4.69, 9.17) is 4.52 Å². The third kappa shape index (κ3) is 3.44. The van der Waals surface area contributed by atoms with E-state index in [1.807, 2.05) is 0 Å². The molecule has 7 heteroatoms. The fourth-order valence-corrected chi connectivity index (χ4v) is 2.25. The summed E-state index contributed by atoms with van der Waals surface area (Å²) in [6.07, 6.45) is 1.14. The van der Waals surface area contributed by atoms with Crippen molar-refractivity contribution >= 4 is 17.7 Å². The summed E-state index contributed by atoms with van der Waals surface area (Å²) in [5, 5.41) is 9.73. The zero-order valence-electron chi connectivity index (χ0n) is 9.73. The van der Waals surface area contributed by atoms with E-state index in [-0.39, 0.29) is 11.9 Å². The van der Waals surface area contributed by atoms with Crippen LogP contribution in [0.2, 0.25) is 0 Å². The molecule has 2 rings (SSSR count). The number of nitrogens with one attached hydrogen (secondary N) is 2. The molecule has 0 aromatic carbocycles. The van der Waals surface area contributed by atoms with E-state index in [1.165, 1.54) is 0 Å². The highest BCUT2D eigenvalue weighted by Gasteiger charge is 2.23. The van der Waals surface area contributed by atoms with Gasteiger partial charge in [0.2, 0.25) is 11.8 Å². The zero-order valence-corrected chi connectivity index (χ0v) is 10.5. The van der Waals surface area contributed by atoms with E-state index in [2.05, 4.69) is 27.7 Å². The quantitative estimate of drug-likeness (QED) is 0.746. The molecule has 17 heavy (non-hydrogen) atoms. The Labute approximate surface area is 104 Å². The normalized spacial score (nSPS) is 20.3. The Morgan fingerprint density at radius 2 is 2.47 bits per heavy atom. The van der Waals surface area contributed by atoms with Crippen LogP contribution in [0.3, 0.4) is 0 Å². The van der Waals surface area contributed by atoms with Gasteiger partial charge in [-0.25, -0.2) is 0 Å². The molecule has 1 atom stereocenters. The summed E-state index contributed by atoms with van der Waals surface area (Å²) in [7, 11) is 0. The largest absolute Gasteiger partial charge is 0.353 e. The van der Waals surface area contributed by atoms with Crippen molar-refractivity contribution in [2.24, 2.45) is 0 Å². The lowest BCUT2D eigenvalue weighted by atomic mass is 10.2. The molecule has 0 aliphatic carbocycles. The van der Waals surface area contributed by atoms with Crippen LogP contribution in [0.25, 0.3) is 0 Å². The van der Waals surface area contributed by atoms with E-state index in [1.54, 1.807) is 11.8 Å². The van der Waals surface area contributed by atoms with Crippen molar-refractivity contribution in [2.45, 2.75) is 25.1 Å². The summed E-state index contributed by atoms with van der Waals surface area (Å²) in [6, 6.07) is -0.0647. The van der Waals surface area contributed by atoms with Gasteiger partial charge < -0.3 is 9.84 Å². The number of amides is 1. The molecule has 2 N–H and O–H groups in total. The van der Waals surface area contributed by atoms with Crippen LogP contribution in [0.4, 0.5) is 0 Å². The number of thioether (sulfide) groups is 1. The van der Waals surface area contributed by atoms with E-state index >= 15 is 0 Å². The van der Waals surface area contributed by atoms with Gasteiger partial charge in [0.05, 0.1) is 12.3 Å². The maximum atomic E-state index is 11.0. The molecule has 0 spiro atoms. The lowest BCUT2D eigenvalue weighted by Crippen LogP contribution is -2.47. The van der Waals surface area contributed by atoms with Crippen LogP contribution in [-0.2, 0) is 10.5 Å². The number of rotatable bonds is 5. The number of carbonyl (C=O) groups excluding carboxylic acids is 1. The maximum Gasteiger partial charge on any atom is 0.245 e. The minimum absolute atomic E-state index is 0.000472. The minimum atomic E-state index is -0.0647. The molecule has 1 aromatic heterocycles. The molecule has 0 bridgehead atoms. The molecule has 1 fully saturated rings. The standard InChI is InChI=1S/C10H16N4O2S/c1-2-3-17-6-8-13-10(16-14-8)7-4-12-9(15)5-11-7/h7,11H,2-6H2,1H3,(H,12,15). The van der Waals surface area contributed by atoms with Gasteiger partial charge in [-0.05, 0) is 12.2 Å². The Kier molecular flexibility index (Phi) is 4.38. The van der Waals surface area contributed by atoms with Gasteiger partial charge >= 0.3 is 0 Å². The highest BCUT2D eigenvalue weighted by Crippen LogP contribution is 2.15. The highest BCUT2D eigenvalue weighted by molar-refractivity contribution is 7.98. The first-order valence-corrected chi connectivity index (χ1v) is 6.85. The molecule has 6 nitrogen and oxygen atoms in total. The Bertz CT molecular complexity index is 372. The summed E-state index contributed by atoms with van der Waals surface area (Å²) in [5.74, 6) is 3.15. The first kappa shape index (κ1) is 12.4. The van der Waals surface area contributed by atoms with Crippen molar-refractivity contribution < 1.29 is 9.32 Å². The van der Waals surface area contributed by atoms with E-state index in [0.29, 0.717) is 19.0 Å². The van der Waals surface area contributed by atoms with Crippen LogP contribution >= 0.6 is 11.8 Å². The first-order valence-electron chi connectivity index (χ1n) is 5.70. The van der Waals surface area contributed by atoms with Crippen LogP contribution in [0.5, 0.6) is 0 Å². The number of piperazine rings is 1. The molecular formula is C10H16N4O2S. The van der Waals surface area contributed by atoms with Gasteiger partial charge in [-0.2, -0.15) is 16.7 Å². The molecule has 0 saturated carbocycles. The summed E-state index contributed by atoms with van der Waals surface area (Å²) in [5.41, 5.74) is 0. The predicted molar refractivity (Wildman–Crippen MR) is 64.5 cm³/mol. The number of carbonyl (C=O) groups is 1. The van der Waals surface area contributed by atoms with Crippen molar-refractivity contribution in [3.63, 3.8) is 0 Å². The lowest BCUT2D eigenvalue weighted by molar-refractivity contribution is -0.121. The molecule has 94 valence electrons. The molecule has 1 amide bonds. The van der Waals surface area contributed by atoms with Crippen LogP contribution in [-0.4, -0.2) is 34.9 Å². The van der Waals surface area contributed by atoms with Gasteiger partial charge in [0.15, 0.2) is 5.82 Å². The topological polar surface area (TPSA) is 80.0 Å². The van der Waals surface area contributed by atoms with Gasteiger partial charge in [0.1, 0.15) is 6.04 Å². The van der Waals surface area contributed by atoms with Crippen molar-refractivity contribution in [1.82, 2.24) is 20.8 Å². The van der Waals surface area contributed by atoms with Crippen LogP contribution in [0, 0.1) is 0 Å². The van der Waals surface area contributed by atoms with E-state index < -0.39 is 0 Å². The molecule has 1 unspecified atom stereocenters. The summed E-state index contributed by atoms with van der Waals surface area (Å²) in [6.45, 7) is 2.94. The molecule has 1 aliphatic heterocycles. The predicted octanol–water partition coefficient (Wildman–Crippen LogP) is 0.473. The Morgan fingerprint density at radius 1 is 1.59 bits per heavy atom. The van der Waals surface area contributed by atoms with Gasteiger partial charge in [0, 0.05) is 6.54 Å². The second-order valence-corrected chi connectivity index (χ2v) is 4.94. The van der Waals surface area contributed by atoms with Crippen LogP contribution in [0.15, 0.2) is 4.52 Å². The monoisotopic (exact) mass is 256 g/mol. The average Bonchev–Trinajstić information content (AvgIpc) is 2.79. The van der Waals surface area contributed by atoms with Crippen molar-refractivity contribution in [3.8, 4) is 0 Å². The number of aromatic nitrogens is 2. The van der Waals surface area contributed by atoms with Crippen molar-refractivity contribution in [1.29, 1.82) is 0 Å². The Morgan fingerprint density at radius 3 is 3.18 bits per heavy atom. The Balaban J connectivity index is 1.87. The van der Waals surface area contributed by atoms with Gasteiger partial charge in [-0.1, -0.05) is 12.1 Å². The lowest BCUT2D eigenvalue weighted by Gasteiger charge is -2.20. The van der Waals surface area contributed by atoms with Crippen LogP contribution < -0.4 is 10.6 Å². The molecular weight excluding hydrogens is 240 g/mol. The Hall–Kier alpha value is -1.08. The fourth-order valence-electron chi connectivity index (χ4n) is 1.52. The summed E-state index contributed by atoms with van der Waals surface area (Å²) < 4.78 is 5.18. The smallest absolute Gasteiger partial charge is 0.245 e. The average molecular weight is 256 g/mol. The number of hydrogen-bond donors (Lipinski definition) is 2. The molecule has 2 heterocycles. The van der Waals surface area contributed by atoms with Crippen molar-refractivity contribution in [2.75, 3.05) is 18.8 Å². The molecule has 1 aromatic rings. The minimum Gasteiger partial charge on any atom is -0.353 e. The zero-order chi connectivity index (χ0) is 12.1. The second-order valence-electron chi connectivity index (χ2n) is 3.84. The summed E-state index contributed by atoms with van der Waals surface area (Å²) >= 11 is 1.79. The van der Waals surface area contributed by atoms with Crippen LogP contribution in [0.1, 0.15) is 31.1 Å². The fraction of sp³-hybridized carbons (Fsp3) is 0.700.